The monoisotopic (exact) mass is 521 g/mol. The number of amides is 2. The molecule has 3 aromatic rings. The van der Waals surface area contributed by atoms with Crippen molar-refractivity contribution >= 4 is 27.5 Å². The fraction of sp³-hybridized carbons (Fsp3) is 0.310. The molecule has 0 heterocycles. The van der Waals surface area contributed by atoms with E-state index in [1.807, 2.05) is 51.1 Å². The minimum atomic E-state index is -4.05. The van der Waals surface area contributed by atoms with Crippen LogP contribution in [-0.4, -0.2) is 43.8 Å². The number of carbonyl (C=O) groups is 2. The Bertz CT molecular complexity index is 1280. The van der Waals surface area contributed by atoms with Crippen LogP contribution in [0.1, 0.15) is 38.3 Å². The standard InChI is InChI=1S/C29H35N3O4S/c1-5-23(3)30-29(34)24(4)31(20-25-12-8-6-9-13-25)28(33)21-32(26-18-16-22(2)17-19-26)37(35,36)27-14-10-7-11-15-27/h6-19,23-24H,5,20-21H2,1-4H3,(H,30,34). The average molecular weight is 522 g/mol. The summed E-state index contributed by atoms with van der Waals surface area (Å²) in [7, 11) is -4.05. The molecule has 0 fully saturated rings. The maximum atomic E-state index is 13.8. The molecule has 0 aliphatic carbocycles. The third-order valence-corrected chi connectivity index (χ3v) is 8.08. The maximum absolute atomic E-state index is 13.8. The number of hydrogen-bond acceptors (Lipinski definition) is 4. The van der Waals surface area contributed by atoms with Crippen molar-refractivity contribution in [3.8, 4) is 0 Å². The number of sulfonamides is 1. The van der Waals surface area contributed by atoms with Crippen molar-refractivity contribution in [3.05, 3.63) is 96.1 Å². The largest absolute Gasteiger partial charge is 0.352 e. The van der Waals surface area contributed by atoms with Gasteiger partial charge in [0.05, 0.1) is 10.6 Å². The van der Waals surface area contributed by atoms with Crippen LogP contribution in [0.3, 0.4) is 0 Å². The van der Waals surface area contributed by atoms with E-state index >= 15 is 0 Å². The normalized spacial score (nSPS) is 12.9. The summed E-state index contributed by atoms with van der Waals surface area (Å²) in [5.41, 5.74) is 2.18. The topological polar surface area (TPSA) is 86.8 Å². The fourth-order valence-corrected chi connectivity index (χ4v) is 5.22. The highest BCUT2D eigenvalue weighted by Gasteiger charge is 2.32. The Hall–Kier alpha value is -3.65. The first-order valence-electron chi connectivity index (χ1n) is 12.4. The fourth-order valence-electron chi connectivity index (χ4n) is 3.79. The zero-order chi connectivity index (χ0) is 27.0. The van der Waals surface area contributed by atoms with Crippen LogP contribution in [-0.2, 0) is 26.2 Å². The smallest absolute Gasteiger partial charge is 0.264 e. The van der Waals surface area contributed by atoms with Gasteiger partial charge in [-0.3, -0.25) is 13.9 Å². The van der Waals surface area contributed by atoms with Crippen LogP contribution in [0, 0.1) is 6.92 Å². The number of benzene rings is 3. The summed E-state index contributed by atoms with van der Waals surface area (Å²) in [5, 5.41) is 2.93. The summed E-state index contributed by atoms with van der Waals surface area (Å²) >= 11 is 0. The minimum Gasteiger partial charge on any atom is -0.352 e. The van der Waals surface area contributed by atoms with Crippen LogP contribution in [0.2, 0.25) is 0 Å². The van der Waals surface area contributed by atoms with E-state index in [0.29, 0.717) is 5.69 Å². The van der Waals surface area contributed by atoms with Crippen molar-refractivity contribution in [2.45, 2.75) is 57.6 Å². The molecule has 2 amide bonds. The number of hydrogen-bond donors (Lipinski definition) is 1. The van der Waals surface area contributed by atoms with Crippen LogP contribution in [0.15, 0.2) is 89.8 Å². The van der Waals surface area contributed by atoms with Crippen molar-refractivity contribution in [2.24, 2.45) is 0 Å². The van der Waals surface area contributed by atoms with Gasteiger partial charge in [0.2, 0.25) is 11.8 Å². The van der Waals surface area contributed by atoms with Crippen molar-refractivity contribution < 1.29 is 18.0 Å². The molecule has 0 aliphatic rings. The summed E-state index contributed by atoms with van der Waals surface area (Å²) in [5.74, 6) is -0.762. The highest BCUT2D eigenvalue weighted by molar-refractivity contribution is 7.92. The van der Waals surface area contributed by atoms with Gasteiger partial charge in [-0.25, -0.2) is 8.42 Å². The van der Waals surface area contributed by atoms with E-state index in [0.717, 1.165) is 21.9 Å². The van der Waals surface area contributed by atoms with E-state index in [4.69, 9.17) is 0 Å². The Morgan fingerprint density at radius 2 is 1.43 bits per heavy atom. The molecule has 0 saturated carbocycles. The number of anilines is 1. The molecule has 3 aromatic carbocycles. The molecular formula is C29H35N3O4S. The molecule has 0 bridgehead atoms. The molecule has 37 heavy (non-hydrogen) atoms. The molecule has 196 valence electrons. The lowest BCUT2D eigenvalue weighted by Crippen LogP contribution is -2.52. The van der Waals surface area contributed by atoms with Crippen molar-refractivity contribution in [3.63, 3.8) is 0 Å². The van der Waals surface area contributed by atoms with Gasteiger partial charge in [0, 0.05) is 12.6 Å². The van der Waals surface area contributed by atoms with Gasteiger partial charge < -0.3 is 10.2 Å². The predicted octanol–water partition coefficient (Wildman–Crippen LogP) is 4.52. The highest BCUT2D eigenvalue weighted by Crippen LogP contribution is 2.25. The van der Waals surface area contributed by atoms with Crippen LogP contribution >= 0.6 is 0 Å². The number of nitrogens with zero attached hydrogens (tertiary/aromatic N) is 2. The van der Waals surface area contributed by atoms with E-state index in [9.17, 15) is 18.0 Å². The van der Waals surface area contributed by atoms with E-state index in [-0.39, 0.29) is 23.4 Å². The average Bonchev–Trinajstić information content (AvgIpc) is 2.91. The molecule has 2 unspecified atom stereocenters. The predicted molar refractivity (Wildman–Crippen MR) is 147 cm³/mol. The second-order valence-electron chi connectivity index (χ2n) is 9.16. The second-order valence-corrected chi connectivity index (χ2v) is 11.0. The molecule has 0 aliphatic heterocycles. The molecule has 1 N–H and O–H groups in total. The Labute approximate surface area is 220 Å². The summed E-state index contributed by atoms with van der Waals surface area (Å²) in [6, 6.07) is 23.5. The molecule has 2 atom stereocenters. The van der Waals surface area contributed by atoms with E-state index in [2.05, 4.69) is 5.32 Å². The van der Waals surface area contributed by atoms with E-state index in [1.165, 1.54) is 17.0 Å². The number of carbonyl (C=O) groups excluding carboxylic acids is 2. The van der Waals surface area contributed by atoms with Crippen LogP contribution in [0.4, 0.5) is 5.69 Å². The summed E-state index contributed by atoms with van der Waals surface area (Å²) < 4.78 is 28.5. The lowest BCUT2D eigenvalue weighted by Gasteiger charge is -2.32. The molecule has 0 aromatic heterocycles. The van der Waals surface area contributed by atoms with Gasteiger partial charge in [0.15, 0.2) is 0 Å². The van der Waals surface area contributed by atoms with Gasteiger partial charge in [-0.05, 0) is 57.0 Å². The Balaban J connectivity index is 1.99. The Morgan fingerprint density at radius 1 is 0.865 bits per heavy atom. The number of aryl methyl sites for hydroxylation is 1. The van der Waals surface area contributed by atoms with E-state index < -0.39 is 28.5 Å². The highest BCUT2D eigenvalue weighted by atomic mass is 32.2. The van der Waals surface area contributed by atoms with Crippen LogP contribution in [0.25, 0.3) is 0 Å². The van der Waals surface area contributed by atoms with E-state index in [1.54, 1.807) is 49.4 Å². The first-order valence-corrected chi connectivity index (χ1v) is 13.9. The van der Waals surface area contributed by atoms with Gasteiger partial charge in [0.1, 0.15) is 12.6 Å². The number of nitrogens with one attached hydrogen (secondary N) is 1. The lowest BCUT2D eigenvalue weighted by molar-refractivity contribution is -0.139. The maximum Gasteiger partial charge on any atom is 0.264 e. The molecule has 0 radical (unpaired) electrons. The van der Waals surface area contributed by atoms with Crippen LogP contribution < -0.4 is 9.62 Å². The van der Waals surface area contributed by atoms with Crippen LogP contribution in [0.5, 0.6) is 0 Å². The zero-order valence-electron chi connectivity index (χ0n) is 21.8. The number of rotatable bonds is 11. The SMILES string of the molecule is CCC(C)NC(=O)C(C)N(Cc1ccccc1)C(=O)CN(c1ccc(C)cc1)S(=O)(=O)c1ccccc1. The van der Waals surface area contributed by atoms with Gasteiger partial charge in [-0.15, -0.1) is 0 Å². The van der Waals surface area contributed by atoms with Crippen molar-refractivity contribution in [1.82, 2.24) is 10.2 Å². The second kappa shape index (κ2) is 12.5. The quantitative estimate of drug-likeness (QED) is 0.402. The molecule has 8 heteroatoms. The summed E-state index contributed by atoms with van der Waals surface area (Å²) in [6.07, 6.45) is 0.752. The van der Waals surface area contributed by atoms with Gasteiger partial charge >= 0.3 is 0 Å². The molecule has 0 spiro atoms. The molecule has 0 saturated heterocycles. The summed E-state index contributed by atoms with van der Waals surface area (Å²) in [4.78, 5) is 28.4. The molecule has 7 nitrogen and oxygen atoms in total. The van der Waals surface area contributed by atoms with Crippen molar-refractivity contribution in [1.29, 1.82) is 0 Å². The first-order chi connectivity index (χ1) is 17.6. The third kappa shape index (κ3) is 7.20. The molecule has 3 rings (SSSR count). The van der Waals surface area contributed by atoms with Gasteiger partial charge in [-0.1, -0.05) is 73.2 Å². The first kappa shape index (κ1) is 27.9. The minimum absolute atomic E-state index is 0.0499. The molecular weight excluding hydrogens is 486 g/mol. The Kier molecular flexibility index (Phi) is 9.47. The third-order valence-electron chi connectivity index (χ3n) is 6.30. The zero-order valence-corrected chi connectivity index (χ0v) is 22.6. The van der Waals surface area contributed by atoms with Gasteiger partial charge in [-0.2, -0.15) is 0 Å². The van der Waals surface area contributed by atoms with Gasteiger partial charge in [0.25, 0.3) is 10.0 Å². The lowest BCUT2D eigenvalue weighted by atomic mass is 10.1. The van der Waals surface area contributed by atoms with Crippen molar-refractivity contribution in [2.75, 3.05) is 10.8 Å². The summed E-state index contributed by atoms with van der Waals surface area (Å²) in [6.45, 7) is 7.16. The Morgan fingerprint density at radius 3 is 2.00 bits per heavy atom.